The third-order valence-electron chi connectivity index (χ3n) is 2.07. The molecule has 1 aromatic carbocycles. The lowest BCUT2D eigenvalue weighted by molar-refractivity contribution is -0.127. The summed E-state index contributed by atoms with van der Waals surface area (Å²) in [5.41, 5.74) is 0.0707. The zero-order chi connectivity index (χ0) is 13.8. The lowest BCUT2D eigenvalue weighted by Crippen LogP contribution is -2.33. The number of benzene rings is 1. The number of alkyl halides is 3. The number of rotatable bonds is 5. The van der Waals surface area contributed by atoms with Gasteiger partial charge < -0.3 is 5.32 Å². The van der Waals surface area contributed by atoms with Gasteiger partial charge in [-0.1, -0.05) is 23.7 Å². The van der Waals surface area contributed by atoms with Crippen molar-refractivity contribution in [3.05, 3.63) is 34.6 Å². The molecule has 0 heterocycles. The van der Waals surface area contributed by atoms with E-state index in [1.54, 1.807) is 0 Å². The second-order valence-electron chi connectivity index (χ2n) is 3.65. The molecule has 0 fully saturated rings. The van der Waals surface area contributed by atoms with Crippen molar-refractivity contribution in [2.75, 3.05) is 13.1 Å². The van der Waals surface area contributed by atoms with Crippen molar-refractivity contribution in [3.63, 3.8) is 0 Å². The molecule has 7 heteroatoms. The Bertz CT molecular complexity index is 434. The van der Waals surface area contributed by atoms with Crippen molar-refractivity contribution in [2.45, 2.75) is 12.6 Å². The van der Waals surface area contributed by atoms with Crippen LogP contribution >= 0.6 is 11.6 Å². The lowest BCUT2D eigenvalue weighted by atomic mass is 10.1. The molecule has 2 nitrogen and oxygen atoms in total. The van der Waals surface area contributed by atoms with Crippen molar-refractivity contribution >= 4 is 17.4 Å². The van der Waals surface area contributed by atoms with Gasteiger partial charge in [0.15, 0.2) is 5.78 Å². The molecule has 0 radical (unpaired) electrons. The minimum absolute atomic E-state index is 0.0707. The zero-order valence-electron chi connectivity index (χ0n) is 9.15. The maximum absolute atomic E-state index is 13.4. The third-order valence-corrected chi connectivity index (χ3v) is 2.36. The van der Waals surface area contributed by atoms with Gasteiger partial charge in [0.2, 0.25) is 0 Å². The number of hydrogen-bond acceptors (Lipinski definition) is 2. The first-order valence-electron chi connectivity index (χ1n) is 5.01. The Morgan fingerprint density at radius 3 is 2.61 bits per heavy atom. The number of nitrogens with one attached hydrogen (secondary N) is 1. The molecule has 18 heavy (non-hydrogen) atoms. The molecule has 1 N–H and O–H groups in total. The molecule has 0 spiro atoms. The van der Waals surface area contributed by atoms with Crippen molar-refractivity contribution in [3.8, 4) is 0 Å². The maximum atomic E-state index is 13.4. The van der Waals surface area contributed by atoms with Crippen LogP contribution in [0.2, 0.25) is 5.02 Å². The Labute approximate surface area is 106 Å². The van der Waals surface area contributed by atoms with Gasteiger partial charge >= 0.3 is 6.18 Å². The number of Topliss-reactive ketones (excluding diaryl/α,β-unsaturated/α-hetero) is 1. The van der Waals surface area contributed by atoms with E-state index in [0.29, 0.717) is 0 Å². The Morgan fingerprint density at radius 1 is 1.33 bits per heavy atom. The minimum Gasteiger partial charge on any atom is -0.302 e. The summed E-state index contributed by atoms with van der Waals surface area (Å²) in [6.07, 6.45) is -4.67. The molecule has 0 aliphatic carbocycles. The number of ketones is 1. The molecular formula is C11H10ClF4NO. The molecule has 0 aliphatic rings. The average Bonchev–Trinajstić information content (AvgIpc) is 2.23. The predicted molar refractivity (Wildman–Crippen MR) is 59.0 cm³/mol. The van der Waals surface area contributed by atoms with Gasteiger partial charge in [-0.2, -0.15) is 13.2 Å². The fourth-order valence-electron chi connectivity index (χ4n) is 1.30. The van der Waals surface area contributed by atoms with Crippen LogP contribution in [-0.4, -0.2) is 25.0 Å². The molecule has 100 valence electrons. The van der Waals surface area contributed by atoms with Crippen LogP contribution in [0.3, 0.4) is 0 Å². The van der Waals surface area contributed by atoms with E-state index in [1.807, 2.05) is 5.32 Å². The summed E-state index contributed by atoms with van der Waals surface area (Å²) >= 11 is 5.51. The van der Waals surface area contributed by atoms with E-state index in [4.69, 9.17) is 11.6 Å². The summed E-state index contributed by atoms with van der Waals surface area (Å²) < 4.78 is 48.8. The number of carbonyl (C=O) groups excluding carboxylic acids is 1. The number of hydrogen-bond donors (Lipinski definition) is 1. The van der Waals surface area contributed by atoms with E-state index in [0.717, 1.165) is 0 Å². The summed E-state index contributed by atoms with van der Waals surface area (Å²) in [4.78, 5) is 11.3. The molecule has 0 aliphatic heterocycles. The highest BCUT2D eigenvalue weighted by molar-refractivity contribution is 6.30. The van der Waals surface area contributed by atoms with Gasteiger partial charge in [0, 0.05) is 6.42 Å². The van der Waals surface area contributed by atoms with E-state index in [-0.39, 0.29) is 17.0 Å². The van der Waals surface area contributed by atoms with Gasteiger partial charge in [0.05, 0.1) is 18.1 Å². The average molecular weight is 284 g/mol. The lowest BCUT2D eigenvalue weighted by Gasteiger charge is -2.08. The van der Waals surface area contributed by atoms with Gasteiger partial charge in [-0.3, -0.25) is 4.79 Å². The van der Waals surface area contributed by atoms with E-state index in [1.165, 1.54) is 18.2 Å². The highest BCUT2D eigenvalue weighted by Crippen LogP contribution is 2.18. The second-order valence-corrected chi connectivity index (χ2v) is 4.05. The Balaban J connectivity index is 2.48. The Morgan fingerprint density at radius 2 is 2.00 bits per heavy atom. The van der Waals surface area contributed by atoms with Gasteiger partial charge in [-0.05, 0) is 11.6 Å². The van der Waals surface area contributed by atoms with Gasteiger partial charge in [0.1, 0.15) is 5.82 Å². The molecule has 1 rings (SSSR count). The van der Waals surface area contributed by atoms with E-state index in [2.05, 4.69) is 0 Å². The summed E-state index contributed by atoms with van der Waals surface area (Å²) in [6.45, 7) is -1.72. The third kappa shape index (κ3) is 5.01. The fourth-order valence-corrected chi connectivity index (χ4v) is 1.50. The molecule has 0 amide bonds. The minimum atomic E-state index is -4.37. The van der Waals surface area contributed by atoms with Crippen molar-refractivity contribution in [2.24, 2.45) is 0 Å². The van der Waals surface area contributed by atoms with Crippen molar-refractivity contribution < 1.29 is 22.4 Å². The molecule has 0 saturated carbocycles. The highest BCUT2D eigenvalue weighted by Gasteiger charge is 2.26. The largest absolute Gasteiger partial charge is 0.401 e. The first-order chi connectivity index (χ1) is 8.29. The SMILES string of the molecule is O=C(CNCC(F)(F)F)Cc1cccc(Cl)c1F. The smallest absolute Gasteiger partial charge is 0.302 e. The van der Waals surface area contributed by atoms with Crippen molar-refractivity contribution in [1.29, 1.82) is 0 Å². The molecule has 0 unspecified atom stereocenters. The molecule has 0 atom stereocenters. The van der Waals surface area contributed by atoms with Gasteiger partial charge in [0.25, 0.3) is 0 Å². The topological polar surface area (TPSA) is 29.1 Å². The molecule has 1 aromatic rings. The first kappa shape index (κ1) is 14.9. The summed E-state index contributed by atoms with van der Waals surface area (Å²) in [6, 6.07) is 4.16. The quantitative estimate of drug-likeness (QED) is 0.842. The predicted octanol–water partition coefficient (Wildman–Crippen LogP) is 2.74. The van der Waals surface area contributed by atoms with Crippen LogP contribution in [0.5, 0.6) is 0 Å². The monoisotopic (exact) mass is 283 g/mol. The van der Waals surface area contributed by atoms with Crippen LogP contribution in [0.15, 0.2) is 18.2 Å². The van der Waals surface area contributed by atoms with Gasteiger partial charge in [-0.15, -0.1) is 0 Å². The van der Waals surface area contributed by atoms with Crippen LogP contribution in [-0.2, 0) is 11.2 Å². The van der Waals surface area contributed by atoms with Crippen LogP contribution < -0.4 is 5.32 Å². The molecule has 0 bridgehead atoms. The van der Waals surface area contributed by atoms with Crippen LogP contribution in [0.25, 0.3) is 0 Å². The zero-order valence-corrected chi connectivity index (χ0v) is 9.91. The van der Waals surface area contributed by atoms with E-state index >= 15 is 0 Å². The van der Waals surface area contributed by atoms with E-state index in [9.17, 15) is 22.4 Å². The van der Waals surface area contributed by atoms with Crippen LogP contribution in [0, 0.1) is 5.82 Å². The number of carbonyl (C=O) groups is 1. The summed E-state index contributed by atoms with van der Waals surface area (Å²) in [5, 5.41) is 1.83. The molecule has 0 saturated heterocycles. The van der Waals surface area contributed by atoms with E-state index < -0.39 is 30.9 Å². The first-order valence-corrected chi connectivity index (χ1v) is 5.39. The summed E-state index contributed by atoms with van der Waals surface area (Å²) in [7, 11) is 0. The number of halogens is 5. The van der Waals surface area contributed by atoms with Gasteiger partial charge in [-0.25, -0.2) is 4.39 Å². The molecule has 0 aromatic heterocycles. The second kappa shape index (κ2) is 6.15. The Kier molecular flexibility index (Phi) is 5.10. The standard InChI is InChI=1S/C11H10ClF4NO/c12-9-3-1-2-7(10(9)13)4-8(18)5-17-6-11(14,15)16/h1-3,17H,4-6H2. The normalized spacial score (nSPS) is 11.6. The highest BCUT2D eigenvalue weighted by atomic mass is 35.5. The van der Waals surface area contributed by atoms with Crippen molar-refractivity contribution in [1.82, 2.24) is 5.32 Å². The van der Waals surface area contributed by atoms with Crippen LogP contribution in [0.1, 0.15) is 5.56 Å². The molecular weight excluding hydrogens is 274 g/mol. The van der Waals surface area contributed by atoms with Crippen LogP contribution in [0.4, 0.5) is 17.6 Å². The maximum Gasteiger partial charge on any atom is 0.401 e. The Hall–Kier alpha value is -1.14. The fraction of sp³-hybridized carbons (Fsp3) is 0.364. The summed E-state index contributed by atoms with van der Waals surface area (Å²) in [5.74, 6) is -1.26.